The Hall–Kier alpha value is -1.06. The molecule has 0 saturated heterocycles. The Morgan fingerprint density at radius 1 is 1.42 bits per heavy atom. The first-order chi connectivity index (χ1) is 5.70. The molecule has 0 bridgehead atoms. The summed E-state index contributed by atoms with van der Waals surface area (Å²) in [6.07, 6.45) is 2.80. The average Bonchev–Trinajstić information content (AvgIpc) is 2.11. The van der Waals surface area contributed by atoms with E-state index in [9.17, 15) is 4.79 Å². The standard InChI is InChI=1S/C8H15NO3/c1-7(9-11)5-3-4-6-8(10)12-2/h11H,3-6H2,1-2H3/b9-7+. The van der Waals surface area contributed by atoms with Gasteiger partial charge in [-0.1, -0.05) is 5.16 Å². The molecule has 0 aliphatic heterocycles. The van der Waals surface area contributed by atoms with Crippen molar-refractivity contribution in [3.05, 3.63) is 0 Å². The molecule has 0 radical (unpaired) electrons. The third kappa shape index (κ3) is 5.70. The molecule has 12 heavy (non-hydrogen) atoms. The highest BCUT2D eigenvalue weighted by molar-refractivity contribution is 5.81. The Morgan fingerprint density at radius 3 is 2.50 bits per heavy atom. The van der Waals surface area contributed by atoms with E-state index in [-0.39, 0.29) is 5.97 Å². The summed E-state index contributed by atoms with van der Waals surface area (Å²) in [4.78, 5) is 10.6. The van der Waals surface area contributed by atoms with E-state index in [1.165, 1.54) is 7.11 Å². The molecular weight excluding hydrogens is 158 g/mol. The zero-order valence-corrected chi connectivity index (χ0v) is 7.54. The molecule has 4 nitrogen and oxygen atoms in total. The molecule has 0 saturated carbocycles. The van der Waals surface area contributed by atoms with Crippen LogP contribution in [0.15, 0.2) is 5.16 Å². The maximum absolute atomic E-state index is 10.6. The van der Waals surface area contributed by atoms with Gasteiger partial charge in [0, 0.05) is 6.42 Å². The number of unbranched alkanes of at least 4 members (excludes halogenated alkanes) is 1. The fraction of sp³-hybridized carbons (Fsp3) is 0.750. The van der Waals surface area contributed by atoms with Gasteiger partial charge in [-0.05, 0) is 26.2 Å². The lowest BCUT2D eigenvalue weighted by atomic mass is 10.1. The molecule has 0 aliphatic rings. The number of ether oxygens (including phenoxy) is 1. The zero-order chi connectivity index (χ0) is 9.40. The largest absolute Gasteiger partial charge is 0.469 e. The summed E-state index contributed by atoms with van der Waals surface area (Å²) in [5, 5.41) is 11.3. The fourth-order valence-electron chi connectivity index (χ4n) is 0.802. The Labute approximate surface area is 72.2 Å². The summed E-state index contributed by atoms with van der Waals surface area (Å²) in [5.41, 5.74) is 0.694. The number of oxime groups is 1. The van der Waals surface area contributed by atoms with Crippen LogP contribution >= 0.6 is 0 Å². The van der Waals surface area contributed by atoms with Crippen molar-refractivity contribution in [3.8, 4) is 0 Å². The number of carbonyl (C=O) groups excluding carboxylic acids is 1. The molecular formula is C8H15NO3. The lowest BCUT2D eigenvalue weighted by Gasteiger charge is -1.98. The van der Waals surface area contributed by atoms with Crippen LogP contribution in [-0.2, 0) is 9.53 Å². The Morgan fingerprint density at radius 2 is 2.00 bits per heavy atom. The van der Waals surface area contributed by atoms with Crippen LogP contribution in [0.1, 0.15) is 32.6 Å². The van der Waals surface area contributed by atoms with Gasteiger partial charge in [0.25, 0.3) is 0 Å². The van der Waals surface area contributed by atoms with E-state index in [1.807, 2.05) is 0 Å². The highest BCUT2D eigenvalue weighted by atomic mass is 16.5. The number of methoxy groups -OCH3 is 1. The zero-order valence-electron chi connectivity index (χ0n) is 7.54. The third-order valence-corrected chi connectivity index (χ3v) is 1.57. The van der Waals surface area contributed by atoms with E-state index in [2.05, 4.69) is 9.89 Å². The monoisotopic (exact) mass is 173 g/mol. The molecule has 0 aromatic rings. The Kier molecular flexibility index (Phi) is 6.05. The van der Waals surface area contributed by atoms with Crippen molar-refractivity contribution >= 4 is 11.7 Å². The Balaban J connectivity index is 3.27. The number of nitrogens with zero attached hydrogens (tertiary/aromatic N) is 1. The summed E-state index contributed by atoms with van der Waals surface area (Å²) >= 11 is 0. The molecule has 0 aromatic carbocycles. The smallest absolute Gasteiger partial charge is 0.305 e. The summed E-state index contributed by atoms with van der Waals surface area (Å²) in [6.45, 7) is 1.75. The van der Waals surface area contributed by atoms with Crippen LogP contribution in [0.25, 0.3) is 0 Å². The van der Waals surface area contributed by atoms with Crippen LogP contribution in [-0.4, -0.2) is 24.0 Å². The molecule has 0 aliphatic carbocycles. The van der Waals surface area contributed by atoms with Gasteiger partial charge in [0.15, 0.2) is 0 Å². The molecule has 1 N–H and O–H groups in total. The summed E-state index contributed by atoms with van der Waals surface area (Å²) in [7, 11) is 1.38. The lowest BCUT2D eigenvalue weighted by Crippen LogP contribution is -2.00. The number of hydrogen-bond acceptors (Lipinski definition) is 4. The van der Waals surface area contributed by atoms with Gasteiger partial charge < -0.3 is 9.94 Å². The van der Waals surface area contributed by atoms with Crippen molar-refractivity contribution in [2.45, 2.75) is 32.6 Å². The maximum atomic E-state index is 10.6. The quantitative estimate of drug-likeness (QED) is 0.226. The summed E-state index contributed by atoms with van der Waals surface area (Å²) in [5.74, 6) is -0.186. The van der Waals surface area contributed by atoms with Crippen molar-refractivity contribution in [1.82, 2.24) is 0 Å². The van der Waals surface area contributed by atoms with E-state index >= 15 is 0 Å². The number of rotatable bonds is 5. The predicted molar refractivity (Wildman–Crippen MR) is 45.4 cm³/mol. The highest BCUT2D eigenvalue weighted by Gasteiger charge is 1.99. The van der Waals surface area contributed by atoms with Crippen LogP contribution in [0.5, 0.6) is 0 Å². The summed E-state index contributed by atoms with van der Waals surface area (Å²) in [6, 6.07) is 0. The van der Waals surface area contributed by atoms with Crippen LogP contribution in [0.4, 0.5) is 0 Å². The average molecular weight is 173 g/mol. The molecule has 0 aromatic heterocycles. The highest BCUT2D eigenvalue weighted by Crippen LogP contribution is 2.01. The lowest BCUT2D eigenvalue weighted by molar-refractivity contribution is -0.140. The van der Waals surface area contributed by atoms with Crippen LogP contribution in [0.2, 0.25) is 0 Å². The number of hydrogen-bond donors (Lipinski definition) is 1. The van der Waals surface area contributed by atoms with Crippen molar-refractivity contribution < 1.29 is 14.7 Å². The second-order valence-corrected chi connectivity index (χ2v) is 2.62. The first kappa shape index (κ1) is 10.9. The van der Waals surface area contributed by atoms with E-state index in [0.29, 0.717) is 12.1 Å². The van der Waals surface area contributed by atoms with E-state index in [4.69, 9.17) is 5.21 Å². The molecule has 0 unspecified atom stereocenters. The van der Waals surface area contributed by atoms with Gasteiger partial charge in [0.2, 0.25) is 0 Å². The SMILES string of the molecule is COC(=O)CCCC/C(C)=N/O. The normalized spacial score (nSPS) is 11.3. The molecule has 0 rings (SSSR count). The topological polar surface area (TPSA) is 58.9 Å². The Bertz CT molecular complexity index is 166. The minimum absolute atomic E-state index is 0.186. The van der Waals surface area contributed by atoms with E-state index in [1.54, 1.807) is 6.92 Å². The van der Waals surface area contributed by atoms with Crippen molar-refractivity contribution in [2.24, 2.45) is 5.16 Å². The van der Waals surface area contributed by atoms with Crippen molar-refractivity contribution in [3.63, 3.8) is 0 Å². The first-order valence-electron chi connectivity index (χ1n) is 3.95. The molecule has 4 heteroatoms. The fourth-order valence-corrected chi connectivity index (χ4v) is 0.802. The van der Waals surface area contributed by atoms with Gasteiger partial charge >= 0.3 is 5.97 Å². The van der Waals surface area contributed by atoms with Gasteiger partial charge in [0.1, 0.15) is 0 Å². The van der Waals surface area contributed by atoms with E-state index in [0.717, 1.165) is 19.3 Å². The van der Waals surface area contributed by atoms with Crippen LogP contribution in [0.3, 0.4) is 0 Å². The minimum Gasteiger partial charge on any atom is -0.469 e. The van der Waals surface area contributed by atoms with Gasteiger partial charge in [0.05, 0.1) is 12.8 Å². The van der Waals surface area contributed by atoms with Gasteiger partial charge in [-0.25, -0.2) is 0 Å². The van der Waals surface area contributed by atoms with Gasteiger partial charge in [-0.2, -0.15) is 0 Å². The molecule has 0 spiro atoms. The molecule has 0 heterocycles. The third-order valence-electron chi connectivity index (χ3n) is 1.57. The van der Waals surface area contributed by atoms with Crippen LogP contribution < -0.4 is 0 Å². The molecule has 0 amide bonds. The molecule has 0 atom stereocenters. The van der Waals surface area contributed by atoms with Gasteiger partial charge in [-0.3, -0.25) is 4.79 Å². The molecule has 70 valence electrons. The van der Waals surface area contributed by atoms with Crippen molar-refractivity contribution in [1.29, 1.82) is 0 Å². The van der Waals surface area contributed by atoms with Crippen molar-refractivity contribution in [2.75, 3.05) is 7.11 Å². The maximum Gasteiger partial charge on any atom is 0.305 e. The second kappa shape index (κ2) is 6.64. The molecule has 0 fully saturated rings. The number of esters is 1. The predicted octanol–water partition coefficient (Wildman–Crippen LogP) is 1.57. The minimum atomic E-state index is -0.186. The first-order valence-corrected chi connectivity index (χ1v) is 3.95. The number of carbonyl (C=O) groups is 1. The summed E-state index contributed by atoms with van der Waals surface area (Å²) < 4.78 is 4.47. The van der Waals surface area contributed by atoms with E-state index < -0.39 is 0 Å². The van der Waals surface area contributed by atoms with Crippen LogP contribution in [0, 0.1) is 0 Å². The second-order valence-electron chi connectivity index (χ2n) is 2.62. The van der Waals surface area contributed by atoms with Gasteiger partial charge in [-0.15, -0.1) is 0 Å².